The van der Waals surface area contributed by atoms with Gasteiger partial charge in [0.05, 0.1) is 31.5 Å². The number of amides is 2. The van der Waals surface area contributed by atoms with Gasteiger partial charge in [0.25, 0.3) is 11.5 Å². The smallest absolute Gasteiger partial charge is 0.409 e. The van der Waals surface area contributed by atoms with E-state index in [1.54, 1.807) is 10.6 Å². The lowest BCUT2D eigenvalue weighted by Crippen LogP contribution is -2.54. The van der Waals surface area contributed by atoms with Gasteiger partial charge in [-0.1, -0.05) is 18.2 Å². The highest BCUT2D eigenvalue weighted by Crippen LogP contribution is 2.36. The molecule has 2 N–H and O–H groups in total. The number of piperazine rings is 1. The molecule has 3 aliphatic rings. The van der Waals surface area contributed by atoms with Crippen molar-refractivity contribution in [3.63, 3.8) is 0 Å². The molecule has 2 bridgehead atoms. The highest BCUT2D eigenvalue weighted by atomic mass is 32.2. The van der Waals surface area contributed by atoms with Gasteiger partial charge in [-0.3, -0.25) is 19.4 Å². The Hall–Kier alpha value is -3.04. The van der Waals surface area contributed by atoms with Crippen molar-refractivity contribution < 1.29 is 27.9 Å². The summed E-state index contributed by atoms with van der Waals surface area (Å²) < 4.78 is 31.7. The zero-order chi connectivity index (χ0) is 33.2. The maximum Gasteiger partial charge on any atom is 0.409 e. The SMILES string of the molecule is COC(=O)N(CCN1CCN(S(C)(=O)=O)CC1)CC(O)CN1C2CCC1CC(NC(=O)c1cc3ccccc3n(C(C)C)c1=O)C2. The molecule has 13 nitrogen and oxygen atoms in total. The van der Waals surface area contributed by atoms with Crippen molar-refractivity contribution in [3.8, 4) is 0 Å². The quantitative estimate of drug-likeness (QED) is 0.365. The number of nitrogens with zero attached hydrogens (tertiary/aromatic N) is 5. The summed E-state index contributed by atoms with van der Waals surface area (Å²) in [5.41, 5.74) is 0.668. The first-order valence-electron chi connectivity index (χ1n) is 16.2. The molecule has 3 atom stereocenters. The maximum absolute atomic E-state index is 13.4. The topological polar surface area (TPSA) is 145 Å². The van der Waals surface area contributed by atoms with Crippen LogP contribution in [0.15, 0.2) is 35.1 Å². The molecule has 254 valence electrons. The Balaban J connectivity index is 1.15. The number of nitrogens with one attached hydrogen (secondary N) is 1. The summed E-state index contributed by atoms with van der Waals surface area (Å²) in [7, 11) is -1.90. The van der Waals surface area contributed by atoms with Gasteiger partial charge in [-0.05, 0) is 57.0 Å². The van der Waals surface area contributed by atoms with Gasteiger partial charge in [-0.25, -0.2) is 13.2 Å². The second-order valence-corrected chi connectivity index (χ2v) is 15.2. The summed E-state index contributed by atoms with van der Waals surface area (Å²) in [4.78, 5) is 45.3. The molecular weight excluding hydrogens is 612 g/mol. The van der Waals surface area contributed by atoms with Gasteiger partial charge in [-0.15, -0.1) is 0 Å². The van der Waals surface area contributed by atoms with E-state index < -0.39 is 22.2 Å². The molecule has 3 aliphatic heterocycles. The van der Waals surface area contributed by atoms with E-state index >= 15 is 0 Å². The third-order valence-electron chi connectivity index (χ3n) is 9.70. The highest BCUT2D eigenvalue weighted by molar-refractivity contribution is 7.88. The molecule has 0 aliphatic carbocycles. The van der Waals surface area contributed by atoms with Crippen LogP contribution in [0.25, 0.3) is 10.9 Å². The maximum atomic E-state index is 13.4. The van der Waals surface area contributed by atoms with Crippen LogP contribution in [0.4, 0.5) is 4.79 Å². The third kappa shape index (κ3) is 7.73. The Kier molecular flexibility index (Phi) is 10.7. The van der Waals surface area contributed by atoms with Crippen molar-refractivity contribution >= 4 is 32.9 Å². The van der Waals surface area contributed by atoms with Crippen LogP contribution in [0.5, 0.6) is 0 Å². The van der Waals surface area contributed by atoms with Crippen molar-refractivity contribution in [2.24, 2.45) is 0 Å². The fraction of sp³-hybridized carbons (Fsp3) is 0.656. The Bertz CT molecular complexity index is 1560. The third-order valence-corrected chi connectivity index (χ3v) is 11.0. The lowest BCUT2D eigenvalue weighted by Gasteiger charge is -2.40. The Morgan fingerprint density at radius 3 is 2.35 bits per heavy atom. The van der Waals surface area contributed by atoms with E-state index in [-0.39, 0.29) is 47.7 Å². The van der Waals surface area contributed by atoms with Crippen LogP contribution in [-0.2, 0) is 14.8 Å². The average Bonchev–Trinajstić information content (AvgIpc) is 3.23. The van der Waals surface area contributed by atoms with Gasteiger partial charge in [0.2, 0.25) is 10.0 Å². The number of carbonyl (C=O) groups excluding carboxylic acids is 2. The van der Waals surface area contributed by atoms with Crippen LogP contribution in [0.1, 0.15) is 55.9 Å². The van der Waals surface area contributed by atoms with Crippen molar-refractivity contribution in [1.82, 2.24) is 28.9 Å². The van der Waals surface area contributed by atoms with Crippen LogP contribution in [0, 0.1) is 0 Å². The fourth-order valence-corrected chi connectivity index (χ4v) is 8.23. The summed E-state index contributed by atoms with van der Waals surface area (Å²) >= 11 is 0. The van der Waals surface area contributed by atoms with Crippen molar-refractivity contribution in [2.75, 3.05) is 65.7 Å². The largest absolute Gasteiger partial charge is 0.453 e. The number of hydrogen-bond acceptors (Lipinski definition) is 9. The number of sulfonamides is 1. The number of piperidine rings is 1. The Labute approximate surface area is 271 Å². The van der Waals surface area contributed by atoms with E-state index in [0.29, 0.717) is 45.8 Å². The molecule has 3 saturated heterocycles. The molecule has 46 heavy (non-hydrogen) atoms. The summed E-state index contributed by atoms with van der Waals surface area (Å²) in [5.74, 6) is -0.352. The summed E-state index contributed by atoms with van der Waals surface area (Å²) in [6.45, 7) is 7.29. The number of ether oxygens (including phenoxy) is 1. The average molecular weight is 661 g/mol. The molecule has 3 unspecified atom stereocenters. The minimum Gasteiger partial charge on any atom is -0.453 e. The van der Waals surface area contributed by atoms with Gasteiger partial charge >= 0.3 is 6.09 Å². The number of fused-ring (bicyclic) bond motifs is 3. The first-order valence-corrected chi connectivity index (χ1v) is 18.1. The first-order chi connectivity index (χ1) is 21.8. The molecule has 2 amide bonds. The fourth-order valence-electron chi connectivity index (χ4n) is 7.40. The van der Waals surface area contributed by atoms with Crippen molar-refractivity contribution in [3.05, 3.63) is 46.2 Å². The van der Waals surface area contributed by atoms with Crippen LogP contribution in [0.2, 0.25) is 0 Å². The molecule has 2 aromatic rings. The van der Waals surface area contributed by atoms with E-state index in [9.17, 15) is 27.9 Å². The normalized spacial score (nSPS) is 23.5. The van der Waals surface area contributed by atoms with E-state index in [2.05, 4.69) is 15.1 Å². The number of carbonyl (C=O) groups is 2. The van der Waals surface area contributed by atoms with Crippen LogP contribution in [0.3, 0.4) is 0 Å². The Morgan fingerprint density at radius 1 is 1.09 bits per heavy atom. The number of para-hydroxylation sites is 1. The molecule has 1 aromatic carbocycles. The molecule has 14 heteroatoms. The minimum atomic E-state index is -3.22. The predicted molar refractivity (Wildman–Crippen MR) is 175 cm³/mol. The van der Waals surface area contributed by atoms with Crippen LogP contribution >= 0.6 is 0 Å². The molecule has 0 radical (unpaired) electrons. The molecular formula is C32H48N6O7S. The molecule has 1 aromatic heterocycles. The Morgan fingerprint density at radius 2 is 1.74 bits per heavy atom. The van der Waals surface area contributed by atoms with E-state index in [1.165, 1.54) is 22.6 Å². The number of pyridine rings is 1. The monoisotopic (exact) mass is 660 g/mol. The predicted octanol–water partition coefficient (Wildman–Crippen LogP) is 1.31. The van der Waals surface area contributed by atoms with Crippen molar-refractivity contribution in [1.29, 1.82) is 0 Å². The lowest BCUT2D eigenvalue weighted by molar-refractivity contribution is 0.0292. The molecule has 5 rings (SSSR count). The number of benzene rings is 1. The van der Waals surface area contributed by atoms with Gasteiger partial charge < -0.3 is 24.6 Å². The molecule has 0 saturated carbocycles. The summed E-state index contributed by atoms with van der Waals surface area (Å²) in [6.07, 6.45) is 3.28. The molecule has 3 fully saturated rings. The van der Waals surface area contributed by atoms with Crippen LogP contribution in [-0.4, -0.2) is 139 Å². The highest BCUT2D eigenvalue weighted by Gasteiger charge is 2.42. The van der Waals surface area contributed by atoms with E-state index in [0.717, 1.165) is 36.6 Å². The van der Waals surface area contributed by atoms with E-state index in [1.807, 2.05) is 38.1 Å². The molecule has 4 heterocycles. The second-order valence-electron chi connectivity index (χ2n) is 13.2. The standard InChI is InChI=1S/C32H48N6O7S/c1-22(2)38-29-8-6-5-7-23(29)17-28(31(38)41)30(40)33-24-18-25-9-10-26(19-24)37(25)21-27(39)20-35(32(42)45-3)14-11-34-12-15-36(16-13-34)46(4,43)44/h5-8,17,22,24-27,39H,9-16,18-21H2,1-4H3,(H,33,40). The zero-order valence-corrected chi connectivity index (χ0v) is 28.1. The van der Waals surface area contributed by atoms with Gasteiger partial charge in [0, 0.05) is 70.0 Å². The van der Waals surface area contributed by atoms with Crippen molar-refractivity contribution in [2.45, 2.75) is 69.8 Å². The lowest BCUT2D eigenvalue weighted by atomic mass is 9.96. The van der Waals surface area contributed by atoms with Gasteiger partial charge in [0.15, 0.2) is 0 Å². The van der Waals surface area contributed by atoms with E-state index in [4.69, 9.17) is 4.74 Å². The number of rotatable bonds is 11. The second kappa shape index (κ2) is 14.4. The summed E-state index contributed by atoms with van der Waals surface area (Å²) in [6, 6.07) is 9.48. The number of aliphatic hydroxyl groups is 1. The number of hydrogen-bond donors (Lipinski definition) is 2. The van der Waals surface area contributed by atoms with Crippen LogP contribution < -0.4 is 10.9 Å². The molecule has 0 spiro atoms. The van der Waals surface area contributed by atoms with Gasteiger partial charge in [0.1, 0.15) is 5.56 Å². The number of aromatic nitrogens is 1. The minimum absolute atomic E-state index is 0.0773. The number of aliphatic hydroxyl groups excluding tert-OH is 1. The first kappa shape index (κ1) is 34.3. The van der Waals surface area contributed by atoms with Gasteiger partial charge in [-0.2, -0.15) is 4.31 Å². The summed E-state index contributed by atoms with van der Waals surface area (Å²) in [5, 5.41) is 15.1. The number of methoxy groups -OCH3 is 1. The zero-order valence-electron chi connectivity index (χ0n) is 27.3.